The van der Waals surface area contributed by atoms with Gasteiger partial charge in [-0.25, -0.2) is 8.42 Å². The summed E-state index contributed by atoms with van der Waals surface area (Å²) in [7, 11) is -3.48. The van der Waals surface area contributed by atoms with Crippen molar-refractivity contribution < 1.29 is 18.0 Å². The summed E-state index contributed by atoms with van der Waals surface area (Å²) in [5, 5.41) is 2.86. The molecule has 2 amide bonds. The first-order chi connectivity index (χ1) is 14.4. The molecule has 0 spiro atoms. The molecule has 1 atom stereocenters. The fourth-order valence-corrected chi connectivity index (χ4v) is 6.38. The van der Waals surface area contributed by atoms with Crippen molar-refractivity contribution in [3.63, 3.8) is 0 Å². The van der Waals surface area contributed by atoms with Crippen LogP contribution in [0.3, 0.4) is 0 Å². The summed E-state index contributed by atoms with van der Waals surface area (Å²) in [6.45, 7) is 1.61. The number of nitrogens with one attached hydrogen (secondary N) is 1. The van der Waals surface area contributed by atoms with Gasteiger partial charge in [-0.1, -0.05) is 25.7 Å². The van der Waals surface area contributed by atoms with Crippen molar-refractivity contribution in [1.29, 1.82) is 0 Å². The van der Waals surface area contributed by atoms with Crippen molar-refractivity contribution in [3.8, 4) is 0 Å². The Balaban J connectivity index is 1.36. The molecule has 1 aliphatic carbocycles. The van der Waals surface area contributed by atoms with Crippen LogP contribution in [0.1, 0.15) is 57.8 Å². The molecule has 4 rings (SSSR count). The SMILES string of the molecule is O=C(Nc1ccc(S(=O)(=O)N2CCCCC2)cc1)[C@H]1CC(=O)N(C2CCCCC2)C1. The number of sulfonamides is 1. The number of hydrogen-bond acceptors (Lipinski definition) is 4. The van der Waals surface area contributed by atoms with Crippen LogP contribution in [0.25, 0.3) is 0 Å². The number of hydrogen-bond donors (Lipinski definition) is 1. The number of carbonyl (C=O) groups excluding carboxylic acids is 2. The molecule has 0 aromatic heterocycles. The average Bonchev–Trinajstić information content (AvgIpc) is 3.17. The molecule has 8 heteroatoms. The van der Waals surface area contributed by atoms with Crippen LogP contribution in [0.15, 0.2) is 29.2 Å². The second kappa shape index (κ2) is 9.06. The largest absolute Gasteiger partial charge is 0.339 e. The van der Waals surface area contributed by atoms with Crippen LogP contribution in [0.5, 0.6) is 0 Å². The minimum atomic E-state index is -3.48. The highest BCUT2D eigenvalue weighted by atomic mass is 32.2. The van der Waals surface area contributed by atoms with E-state index >= 15 is 0 Å². The van der Waals surface area contributed by atoms with Gasteiger partial charge in [0.05, 0.1) is 10.8 Å². The van der Waals surface area contributed by atoms with Crippen LogP contribution in [0.2, 0.25) is 0 Å². The van der Waals surface area contributed by atoms with Gasteiger partial charge in [0.15, 0.2) is 0 Å². The Morgan fingerprint density at radius 1 is 0.933 bits per heavy atom. The Morgan fingerprint density at radius 2 is 1.57 bits per heavy atom. The van der Waals surface area contributed by atoms with Gasteiger partial charge in [0.1, 0.15) is 0 Å². The molecule has 1 aromatic rings. The van der Waals surface area contributed by atoms with E-state index in [0.29, 0.717) is 25.3 Å². The number of likely N-dealkylation sites (tertiary alicyclic amines) is 1. The van der Waals surface area contributed by atoms with E-state index in [1.54, 1.807) is 24.3 Å². The van der Waals surface area contributed by atoms with Gasteiger partial charge in [-0.05, 0) is 49.9 Å². The molecule has 0 bridgehead atoms. The Morgan fingerprint density at radius 3 is 2.23 bits per heavy atom. The standard InChI is InChI=1S/C22H31N3O4S/c26-21-15-17(16-25(21)19-7-3-1-4-8-19)22(27)23-18-9-11-20(12-10-18)30(28,29)24-13-5-2-6-14-24/h9-12,17,19H,1-8,13-16H2,(H,23,27)/t17-/m0/s1. The summed E-state index contributed by atoms with van der Waals surface area (Å²) < 4.78 is 27.0. The maximum Gasteiger partial charge on any atom is 0.243 e. The van der Waals surface area contributed by atoms with E-state index in [-0.39, 0.29) is 35.1 Å². The van der Waals surface area contributed by atoms with Gasteiger partial charge in [0.2, 0.25) is 21.8 Å². The van der Waals surface area contributed by atoms with Gasteiger partial charge in [0.25, 0.3) is 0 Å². The second-order valence-electron chi connectivity index (χ2n) is 8.72. The summed E-state index contributed by atoms with van der Waals surface area (Å²) >= 11 is 0. The lowest BCUT2D eigenvalue weighted by Crippen LogP contribution is -2.38. The molecule has 0 unspecified atom stereocenters. The van der Waals surface area contributed by atoms with Gasteiger partial charge in [-0.2, -0.15) is 4.31 Å². The normalized spacial score (nSPS) is 24.2. The third kappa shape index (κ3) is 4.54. The lowest BCUT2D eigenvalue weighted by molar-refractivity contribution is -0.130. The van der Waals surface area contributed by atoms with Crippen LogP contribution in [0.4, 0.5) is 5.69 Å². The molecule has 3 fully saturated rings. The highest BCUT2D eigenvalue weighted by Crippen LogP contribution is 2.29. The molecule has 2 aliphatic heterocycles. The fraction of sp³-hybridized carbons (Fsp3) is 0.636. The number of nitrogens with zero attached hydrogens (tertiary/aromatic N) is 2. The number of piperidine rings is 1. The Bertz CT molecular complexity index is 872. The molecule has 3 aliphatic rings. The molecule has 30 heavy (non-hydrogen) atoms. The van der Waals surface area contributed by atoms with Crippen LogP contribution < -0.4 is 5.32 Å². The second-order valence-corrected chi connectivity index (χ2v) is 10.7. The predicted octanol–water partition coefficient (Wildman–Crippen LogP) is 2.98. The number of amides is 2. The molecule has 1 aromatic carbocycles. The van der Waals surface area contributed by atoms with Gasteiger partial charge < -0.3 is 10.2 Å². The first kappa shape index (κ1) is 21.3. The Kier molecular flexibility index (Phi) is 6.43. The van der Waals surface area contributed by atoms with E-state index in [0.717, 1.165) is 44.9 Å². The van der Waals surface area contributed by atoms with Crippen molar-refractivity contribution in [2.75, 3.05) is 25.0 Å². The minimum absolute atomic E-state index is 0.0741. The summed E-state index contributed by atoms with van der Waals surface area (Å²) in [6, 6.07) is 6.64. The lowest BCUT2D eigenvalue weighted by atomic mass is 9.94. The third-order valence-electron chi connectivity index (χ3n) is 6.62. The number of anilines is 1. The smallest absolute Gasteiger partial charge is 0.243 e. The van der Waals surface area contributed by atoms with Crippen LogP contribution in [0, 0.1) is 5.92 Å². The minimum Gasteiger partial charge on any atom is -0.339 e. The van der Waals surface area contributed by atoms with E-state index in [1.165, 1.54) is 10.7 Å². The summed E-state index contributed by atoms with van der Waals surface area (Å²) in [5.74, 6) is -0.450. The van der Waals surface area contributed by atoms with Crippen LogP contribution in [-0.2, 0) is 19.6 Å². The molecule has 1 N–H and O–H groups in total. The van der Waals surface area contributed by atoms with Crippen LogP contribution >= 0.6 is 0 Å². The molecule has 1 saturated carbocycles. The maximum atomic E-state index is 12.7. The summed E-state index contributed by atoms with van der Waals surface area (Å²) in [4.78, 5) is 27.3. The fourth-order valence-electron chi connectivity index (χ4n) is 4.86. The van der Waals surface area contributed by atoms with Gasteiger partial charge in [-0.15, -0.1) is 0 Å². The third-order valence-corrected chi connectivity index (χ3v) is 8.53. The zero-order chi connectivity index (χ0) is 21.1. The maximum absolute atomic E-state index is 12.7. The topological polar surface area (TPSA) is 86.8 Å². The average molecular weight is 434 g/mol. The van der Waals surface area contributed by atoms with Gasteiger partial charge in [-0.3, -0.25) is 9.59 Å². The predicted molar refractivity (Wildman–Crippen MR) is 114 cm³/mol. The Labute approximate surface area is 178 Å². The van der Waals surface area contributed by atoms with Crippen molar-refractivity contribution in [2.45, 2.75) is 68.7 Å². The van der Waals surface area contributed by atoms with E-state index < -0.39 is 10.0 Å². The summed E-state index contributed by atoms with van der Waals surface area (Å²) in [5.41, 5.74) is 0.557. The van der Waals surface area contributed by atoms with E-state index in [2.05, 4.69) is 5.32 Å². The Hall–Kier alpha value is -1.93. The van der Waals surface area contributed by atoms with E-state index in [9.17, 15) is 18.0 Å². The number of benzene rings is 1. The van der Waals surface area contributed by atoms with E-state index in [1.807, 2.05) is 4.90 Å². The zero-order valence-electron chi connectivity index (χ0n) is 17.4. The number of rotatable bonds is 5. The molecular formula is C22H31N3O4S. The van der Waals surface area contributed by atoms with Crippen molar-refractivity contribution in [2.24, 2.45) is 5.92 Å². The summed E-state index contributed by atoms with van der Waals surface area (Å²) in [6.07, 6.45) is 8.71. The van der Waals surface area contributed by atoms with Crippen molar-refractivity contribution >= 4 is 27.5 Å². The highest BCUT2D eigenvalue weighted by molar-refractivity contribution is 7.89. The molecule has 0 radical (unpaired) electrons. The van der Waals surface area contributed by atoms with Crippen LogP contribution in [-0.4, -0.2) is 55.1 Å². The first-order valence-electron chi connectivity index (χ1n) is 11.2. The van der Waals surface area contributed by atoms with Crippen molar-refractivity contribution in [1.82, 2.24) is 9.21 Å². The molecular weight excluding hydrogens is 402 g/mol. The molecule has 2 heterocycles. The van der Waals surface area contributed by atoms with Crippen molar-refractivity contribution in [3.05, 3.63) is 24.3 Å². The molecule has 164 valence electrons. The monoisotopic (exact) mass is 433 g/mol. The lowest BCUT2D eigenvalue weighted by Gasteiger charge is -2.31. The molecule has 7 nitrogen and oxygen atoms in total. The highest BCUT2D eigenvalue weighted by Gasteiger charge is 2.38. The quantitative estimate of drug-likeness (QED) is 0.773. The molecule has 2 saturated heterocycles. The van der Waals surface area contributed by atoms with Gasteiger partial charge >= 0.3 is 0 Å². The van der Waals surface area contributed by atoms with E-state index in [4.69, 9.17) is 0 Å². The van der Waals surface area contributed by atoms with Gasteiger partial charge in [0, 0.05) is 37.8 Å². The first-order valence-corrected chi connectivity index (χ1v) is 12.6. The number of carbonyl (C=O) groups is 2. The zero-order valence-corrected chi connectivity index (χ0v) is 18.2.